The highest BCUT2D eigenvalue weighted by atomic mass is 16.5. The Balaban J connectivity index is 1.70. The molecule has 6 heteroatoms. The Hall–Kier alpha value is -3.15. The Morgan fingerprint density at radius 2 is 1.88 bits per heavy atom. The van der Waals surface area contributed by atoms with Gasteiger partial charge in [0.1, 0.15) is 12.1 Å². The number of nitrogens with one attached hydrogen (secondary N) is 1. The summed E-state index contributed by atoms with van der Waals surface area (Å²) < 4.78 is 7.17. The fourth-order valence-corrected chi connectivity index (χ4v) is 2.29. The van der Waals surface area contributed by atoms with Crippen LogP contribution in [0.15, 0.2) is 60.9 Å². The van der Waals surface area contributed by atoms with Gasteiger partial charge in [-0.25, -0.2) is 0 Å². The highest BCUT2D eigenvalue weighted by Crippen LogP contribution is 2.14. The molecule has 0 bridgehead atoms. The van der Waals surface area contributed by atoms with E-state index in [1.165, 1.54) is 0 Å². The van der Waals surface area contributed by atoms with Crippen molar-refractivity contribution in [3.05, 3.63) is 72.1 Å². The number of amides is 1. The molecule has 0 fully saturated rings. The maximum Gasteiger partial charge on any atom is 0.258 e. The van der Waals surface area contributed by atoms with E-state index in [0.29, 0.717) is 24.7 Å². The molecule has 1 amide bonds. The van der Waals surface area contributed by atoms with E-state index in [1.807, 2.05) is 37.3 Å². The maximum atomic E-state index is 12.4. The molecule has 1 heterocycles. The summed E-state index contributed by atoms with van der Waals surface area (Å²) in [6.07, 6.45) is 1.60. The summed E-state index contributed by atoms with van der Waals surface area (Å²) >= 11 is 0. The monoisotopic (exact) mass is 322 g/mol. The van der Waals surface area contributed by atoms with E-state index in [4.69, 9.17) is 4.74 Å². The van der Waals surface area contributed by atoms with Crippen LogP contribution in [-0.2, 0) is 6.54 Å². The summed E-state index contributed by atoms with van der Waals surface area (Å²) in [6, 6.07) is 16.9. The van der Waals surface area contributed by atoms with E-state index in [9.17, 15) is 4.79 Å². The van der Waals surface area contributed by atoms with Gasteiger partial charge >= 0.3 is 0 Å². The van der Waals surface area contributed by atoms with Gasteiger partial charge in [-0.1, -0.05) is 30.3 Å². The predicted molar refractivity (Wildman–Crippen MR) is 91.1 cm³/mol. The molecule has 0 spiro atoms. The van der Waals surface area contributed by atoms with Crippen LogP contribution in [0, 0.1) is 0 Å². The number of ether oxygens (including phenoxy) is 1. The molecule has 6 nitrogen and oxygen atoms in total. The largest absolute Gasteiger partial charge is 0.494 e. The van der Waals surface area contributed by atoms with E-state index >= 15 is 0 Å². The van der Waals surface area contributed by atoms with Crippen molar-refractivity contribution in [3.8, 4) is 5.75 Å². The molecule has 2 aromatic carbocycles. The van der Waals surface area contributed by atoms with Gasteiger partial charge in [-0.15, -0.1) is 10.2 Å². The van der Waals surface area contributed by atoms with Crippen molar-refractivity contribution in [2.75, 3.05) is 11.9 Å². The number of hydrogen-bond acceptors (Lipinski definition) is 4. The molecule has 0 aliphatic heterocycles. The van der Waals surface area contributed by atoms with Crippen molar-refractivity contribution in [1.29, 1.82) is 0 Å². The highest BCUT2D eigenvalue weighted by molar-refractivity contribution is 6.03. The zero-order valence-corrected chi connectivity index (χ0v) is 13.3. The van der Waals surface area contributed by atoms with Crippen LogP contribution in [0.2, 0.25) is 0 Å². The Bertz CT molecular complexity index is 797. The summed E-state index contributed by atoms with van der Waals surface area (Å²) in [4.78, 5) is 12.4. The summed E-state index contributed by atoms with van der Waals surface area (Å²) in [5, 5.41) is 10.7. The number of carbonyl (C=O) groups is 1. The van der Waals surface area contributed by atoms with Gasteiger partial charge in [0.25, 0.3) is 5.91 Å². The summed E-state index contributed by atoms with van der Waals surface area (Å²) in [6.45, 7) is 3.10. The molecule has 0 saturated carbocycles. The second kappa shape index (κ2) is 7.41. The lowest BCUT2D eigenvalue weighted by molar-refractivity contribution is 0.102. The molecule has 3 aromatic rings. The van der Waals surface area contributed by atoms with Crippen molar-refractivity contribution < 1.29 is 9.53 Å². The quantitative estimate of drug-likeness (QED) is 0.757. The fourth-order valence-electron chi connectivity index (χ4n) is 2.29. The van der Waals surface area contributed by atoms with Crippen molar-refractivity contribution in [1.82, 2.24) is 14.8 Å². The molecule has 24 heavy (non-hydrogen) atoms. The van der Waals surface area contributed by atoms with Gasteiger partial charge in [0.2, 0.25) is 5.95 Å². The lowest BCUT2D eigenvalue weighted by atomic mass is 10.2. The second-order valence-electron chi connectivity index (χ2n) is 5.18. The third-order valence-electron chi connectivity index (χ3n) is 3.46. The zero-order chi connectivity index (χ0) is 16.8. The molecule has 0 aliphatic rings. The number of hydrogen-bond donors (Lipinski definition) is 1. The molecule has 0 atom stereocenters. The number of benzene rings is 2. The molecule has 0 unspecified atom stereocenters. The van der Waals surface area contributed by atoms with Crippen molar-refractivity contribution in [2.24, 2.45) is 0 Å². The topological polar surface area (TPSA) is 69.0 Å². The first-order chi connectivity index (χ1) is 11.8. The number of anilines is 1. The fraction of sp³-hybridized carbons (Fsp3) is 0.167. The Kier molecular flexibility index (Phi) is 4.86. The van der Waals surface area contributed by atoms with Gasteiger partial charge in [-0.05, 0) is 36.8 Å². The van der Waals surface area contributed by atoms with E-state index in [-0.39, 0.29) is 5.91 Å². The first-order valence-corrected chi connectivity index (χ1v) is 7.72. The summed E-state index contributed by atoms with van der Waals surface area (Å²) in [5.41, 5.74) is 1.64. The standard InChI is InChI=1S/C18H18N4O2/c1-2-24-16-10-8-15(9-11-16)17(23)20-18-21-19-13-22(18)12-14-6-4-3-5-7-14/h3-11,13H,2,12H2,1H3,(H,20,21,23). The number of nitrogens with zero attached hydrogens (tertiary/aromatic N) is 3. The lowest BCUT2D eigenvalue weighted by Gasteiger charge is -2.08. The third kappa shape index (κ3) is 3.78. The van der Waals surface area contributed by atoms with Gasteiger partial charge in [0.15, 0.2) is 0 Å². The maximum absolute atomic E-state index is 12.4. The minimum absolute atomic E-state index is 0.236. The van der Waals surface area contributed by atoms with Gasteiger partial charge in [-0.2, -0.15) is 0 Å². The van der Waals surface area contributed by atoms with Gasteiger partial charge in [-0.3, -0.25) is 14.7 Å². The van der Waals surface area contributed by atoms with Crippen molar-refractivity contribution in [3.63, 3.8) is 0 Å². The Morgan fingerprint density at radius 1 is 1.12 bits per heavy atom. The van der Waals surface area contributed by atoms with E-state index in [1.54, 1.807) is 35.2 Å². The molecule has 0 aliphatic carbocycles. The minimum atomic E-state index is -0.236. The Morgan fingerprint density at radius 3 is 2.58 bits per heavy atom. The van der Waals surface area contributed by atoms with Crippen LogP contribution in [0.25, 0.3) is 0 Å². The lowest BCUT2D eigenvalue weighted by Crippen LogP contribution is -2.16. The van der Waals surface area contributed by atoms with E-state index in [0.717, 1.165) is 11.3 Å². The van der Waals surface area contributed by atoms with Crippen LogP contribution in [0.4, 0.5) is 5.95 Å². The third-order valence-corrected chi connectivity index (χ3v) is 3.46. The van der Waals surface area contributed by atoms with Crippen LogP contribution in [-0.4, -0.2) is 27.3 Å². The molecular weight excluding hydrogens is 304 g/mol. The van der Waals surface area contributed by atoms with E-state index in [2.05, 4.69) is 15.5 Å². The predicted octanol–water partition coefficient (Wildman–Crippen LogP) is 2.98. The average Bonchev–Trinajstić information content (AvgIpc) is 3.03. The summed E-state index contributed by atoms with van der Waals surface area (Å²) in [7, 11) is 0. The molecular formula is C18H18N4O2. The highest BCUT2D eigenvalue weighted by Gasteiger charge is 2.11. The first-order valence-electron chi connectivity index (χ1n) is 7.72. The van der Waals surface area contributed by atoms with Crippen LogP contribution in [0.5, 0.6) is 5.75 Å². The normalized spacial score (nSPS) is 10.4. The van der Waals surface area contributed by atoms with Gasteiger partial charge < -0.3 is 4.74 Å². The van der Waals surface area contributed by atoms with Crippen LogP contribution in [0.1, 0.15) is 22.8 Å². The van der Waals surface area contributed by atoms with E-state index < -0.39 is 0 Å². The van der Waals surface area contributed by atoms with Crippen molar-refractivity contribution >= 4 is 11.9 Å². The zero-order valence-electron chi connectivity index (χ0n) is 13.3. The van der Waals surface area contributed by atoms with Crippen LogP contribution >= 0.6 is 0 Å². The summed E-state index contributed by atoms with van der Waals surface area (Å²) in [5.74, 6) is 0.916. The SMILES string of the molecule is CCOc1ccc(C(=O)Nc2nncn2Cc2ccccc2)cc1. The number of rotatable bonds is 6. The molecule has 122 valence electrons. The molecule has 1 aromatic heterocycles. The van der Waals surface area contributed by atoms with Crippen molar-refractivity contribution in [2.45, 2.75) is 13.5 Å². The number of aromatic nitrogens is 3. The molecule has 0 radical (unpaired) electrons. The molecule has 1 N–H and O–H groups in total. The van der Waals surface area contributed by atoms with Crippen LogP contribution in [0.3, 0.4) is 0 Å². The molecule has 3 rings (SSSR count). The first kappa shape index (κ1) is 15.7. The minimum Gasteiger partial charge on any atom is -0.494 e. The van der Waals surface area contributed by atoms with Crippen LogP contribution < -0.4 is 10.1 Å². The smallest absolute Gasteiger partial charge is 0.258 e. The molecule has 0 saturated heterocycles. The Labute approximate surface area is 140 Å². The second-order valence-corrected chi connectivity index (χ2v) is 5.18. The van der Waals surface area contributed by atoms with Gasteiger partial charge in [0, 0.05) is 5.56 Å². The van der Waals surface area contributed by atoms with Gasteiger partial charge in [0.05, 0.1) is 13.2 Å². The number of carbonyl (C=O) groups excluding carboxylic acids is 1. The average molecular weight is 322 g/mol.